The first-order valence-electron chi connectivity index (χ1n) is 6.15. The Balaban J connectivity index is 2.09. The average molecular weight is 255 g/mol. The number of benzene rings is 1. The molecule has 0 aliphatic carbocycles. The van der Waals surface area contributed by atoms with Crippen molar-refractivity contribution in [1.29, 1.82) is 0 Å². The molecule has 98 valence electrons. The third-order valence-corrected chi connectivity index (χ3v) is 2.98. The molecule has 0 fully saturated rings. The molecule has 4 heteroatoms. The molecular weight excluding hydrogens is 238 g/mol. The fourth-order valence-electron chi connectivity index (χ4n) is 1.77. The quantitative estimate of drug-likeness (QED) is 0.829. The molecule has 0 saturated carbocycles. The number of nitrogen functional groups attached to an aromatic ring is 1. The van der Waals surface area contributed by atoms with Crippen molar-refractivity contribution in [2.24, 2.45) is 0 Å². The number of aryl methyl sites for hydroxylation is 1. The second kappa shape index (κ2) is 5.52. The molecule has 1 aromatic carbocycles. The van der Waals surface area contributed by atoms with E-state index >= 15 is 0 Å². The molecule has 0 aliphatic heterocycles. The maximum atomic E-state index is 12.1. The highest BCUT2D eigenvalue weighted by Gasteiger charge is 2.15. The molecule has 1 amide bonds. The summed E-state index contributed by atoms with van der Waals surface area (Å²) in [7, 11) is 0. The van der Waals surface area contributed by atoms with Gasteiger partial charge in [-0.1, -0.05) is 12.1 Å². The molecule has 0 bridgehead atoms. The van der Waals surface area contributed by atoms with Gasteiger partial charge in [0.25, 0.3) is 0 Å². The number of anilines is 2. The van der Waals surface area contributed by atoms with Crippen LogP contribution in [0.25, 0.3) is 0 Å². The lowest BCUT2D eigenvalue weighted by molar-refractivity contribution is -0.117. The number of nitrogens with two attached hydrogens (primary N) is 1. The summed E-state index contributed by atoms with van der Waals surface area (Å²) >= 11 is 0. The number of nitrogens with one attached hydrogen (secondary N) is 1. The van der Waals surface area contributed by atoms with Gasteiger partial charge in [-0.15, -0.1) is 0 Å². The summed E-state index contributed by atoms with van der Waals surface area (Å²) in [6, 6.07) is 11.1. The zero-order valence-corrected chi connectivity index (χ0v) is 11.1. The number of carbonyl (C=O) groups excluding carboxylic acids is 1. The van der Waals surface area contributed by atoms with Crippen LogP contribution in [0, 0.1) is 6.92 Å². The molecule has 0 aliphatic rings. The predicted molar refractivity (Wildman–Crippen MR) is 76.9 cm³/mol. The van der Waals surface area contributed by atoms with E-state index in [0.29, 0.717) is 11.4 Å². The van der Waals surface area contributed by atoms with Gasteiger partial charge in [-0.3, -0.25) is 9.78 Å². The number of pyridine rings is 1. The molecule has 1 unspecified atom stereocenters. The number of carbonyl (C=O) groups is 1. The molecule has 1 heterocycles. The van der Waals surface area contributed by atoms with Gasteiger partial charge in [-0.05, 0) is 43.7 Å². The zero-order chi connectivity index (χ0) is 13.8. The lowest BCUT2D eigenvalue weighted by atomic mass is 10.00. The lowest BCUT2D eigenvalue weighted by Crippen LogP contribution is -2.19. The van der Waals surface area contributed by atoms with E-state index in [2.05, 4.69) is 10.3 Å². The van der Waals surface area contributed by atoms with Gasteiger partial charge in [0.1, 0.15) is 0 Å². The molecule has 1 aromatic heterocycles. The van der Waals surface area contributed by atoms with E-state index in [9.17, 15) is 4.79 Å². The van der Waals surface area contributed by atoms with Crippen LogP contribution in [0.4, 0.5) is 11.4 Å². The minimum absolute atomic E-state index is 0.0729. The van der Waals surface area contributed by atoms with Crippen molar-refractivity contribution < 1.29 is 4.79 Å². The first kappa shape index (κ1) is 13.1. The highest BCUT2D eigenvalue weighted by Crippen LogP contribution is 2.19. The van der Waals surface area contributed by atoms with E-state index in [1.165, 1.54) is 0 Å². The number of amides is 1. The number of nitrogens with zero attached hydrogens (tertiary/aromatic N) is 1. The number of hydrogen-bond acceptors (Lipinski definition) is 3. The highest BCUT2D eigenvalue weighted by molar-refractivity contribution is 5.95. The third-order valence-electron chi connectivity index (χ3n) is 2.98. The Morgan fingerprint density at radius 1 is 1.32 bits per heavy atom. The van der Waals surface area contributed by atoms with Crippen LogP contribution in [0.2, 0.25) is 0 Å². The van der Waals surface area contributed by atoms with Crippen LogP contribution in [-0.4, -0.2) is 10.9 Å². The molecule has 2 rings (SSSR count). The van der Waals surface area contributed by atoms with Crippen molar-refractivity contribution in [2.45, 2.75) is 19.8 Å². The topological polar surface area (TPSA) is 68.0 Å². The number of hydrogen-bond donors (Lipinski definition) is 2. The van der Waals surface area contributed by atoms with Crippen LogP contribution in [-0.2, 0) is 4.79 Å². The first-order chi connectivity index (χ1) is 9.06. The molecule has 0 radical (unpaired) electrons. The summed E-state index contributed by atoms with van der Waals surface area (Å²) in [6.45, 7) is 3.76. The van der Waals surface area contributed by atoms with E-state index < -0.39 is 0 Å². The largest absolute Gasteiger partial charge is 0.399 e. The zero-order valence-electron chi connectivity index (χ0n) is 11.1. The minimum Gasteiger partial charge on any atom is -0.399 e. The van der Waals surface area contributed by atoms with Gasteiger partial charge in [0.15, 0.2) is 0 Å². The van der Waals surface area contributed by atoms with Crippen molar-refractivity contribution in [2.75, 3.05) is 11.1 Å². The fourth-order valence-corrected chi connectivity index (χ4v) is 1.77. The van der Waals surface area contributed by atoms with Gasteiger partial charge in [-0.25, -0.2) is 0 Å². The van der Waals surface area contributed by atoms with Crippen LogP contribution in [0.3, 0.4) is 0 Å². The van der Waals surface area contributed by atoms with E-state index in [1.807, 2.05) is 44.2 Å². The minimum atomic E-state index is -0.259. The standard InChI is InChI=1S/C15H17N3O/c1-10-6-7-14(9-17-10)18-15(19)11(2)12-4-3-5-13(16)8-12/h3-9,11H,16H2,1-2H3,(H,18,19). The van der Waals surface area contributed by atoms with Crippen molar-refractivity contribution in [3.8, 4) is 0 Å². The number of rotatable bonds is 3. The van der Waals surface area contributed by atoms with E-state index in [1.54, 1.807) is 12.3 Å². The SMILES string of the molecule is Cc1ccc(NC(=O)C(C)c2cccc(N)c2)cn1. The van der Waals surface area contributed by atoms with Crippen molar-refractivity contribution in [3.05, 3.63) is 53.9 Å². The van der Waals surface area contributed by atoms with Crippen LogP contribution >= 0.6 is 0 Å². The Morgan fingerprint density at radius 2 is 2.11 bits per heavy atom. The van der Waals surface area contributed by atoms with E-state index in [-0.39, 0.29) is 11.8 Å². The van der Waals surface area contributed by atoms with Crippen molar-refractivity contribution in [1.82, 2.24) is 4.98 Å². The summed E-state index contributed by atoms with van der Waals surface area (Å²) in [5.74, 6) is -0.332. The van der Waals surface area contributed by atoms with Gasteiger partial charge in [0.05, 0.1) is 17.8 Å². The van der Waals surface area contributed by atoms with Crippen LogP contribution < -0.4 is 11.1 Å². The highest BCUT2D eigenvalue weighted by atomic mass is 16.1. The molecular formula is C15H17N3O. The third kappa shape index (κ3) is 3.31. The Morgan fingerprint density at radius 3 is 2.74 bits per heavy atom. The van der Waals surface area contributed by atoms with Crippen molar-refractivity contribution >= 4 is 17.3 Å². The maximum absolute atomic E-state index is 12.1. The second-order valence-electron chi connectivity index (χ2n) is 4.57. The maximum Gasteiger partial charge on any atom is 0.231 e. The Bertz CT molecular complexity index is 578. The normalized spacial score (nSPS) is 11.9. The van der Waals surface area contributed by atoms with Gasteiger partial charge >= 0.3 is 0 Å². The van der Waals surface area contributed by atoms with Crippen molar-refractivity contribution in [3.63, 3.8) is 0 Å². The molecule has 0 saturated heterocycles. The van der Waals surface area contributed by atoms with Gasteiger partial charge in [0, 0.05) is 11.4 Å². The van der Waals surface area contributed by atoms with Gasteiger partial charge in [-0.2, -0.15) is 0 Å². The molecule has 19 heavy (non-hydrogen) atoms. The summed E-state index contributed by atoms with van der Waals surface area (Å²) in [5.41, 5.74) is 8.90. The van der Waals surface area contributed by atoms with E-state index in [0.717, 1.165) is 11.3 Å². The smallest absolute Gasteiger partial charge is 0.231 e. The molecule has 1 atom stereocenters. The molecule has 4 nitrogen and oxygen atoms in total. The monoisotopic (exact) mass is 255 g/mol. The second-order valence-corrected chi connectivity index (χ2v) is 4.57. The lowest BCUT2D eigenvalue weighted by Gasteiger charge is -2.13. The Hall–Kier alpha value is -2.36. The number of aromatic nitrogens is 1. The molecule has 0 spiro atoms. The average Bonchev–Trinajstić information content (AvgIpc) is 2.40. The van der Waals surface area contributed by atoms with Crippen LogP contribution in [0.1, 0.15) is 24.1 Å². The summed E-state index contributed by atoms with van der Waals surface area (Å²) < 4.78 is 0. The first-order valence-corrected chi connectivity index (χ1v) is 6.15. The fraction of sp³-hybridized carbons (Fsp3) is 0.200. The predicted octanol–water partition coefficient (Wildman–Crippen LogP) is 2.71. The Kier molecular flexibility index (Phi) is 3.80. The summed E-state index contributed by atoms with van der Waals surface area (Å²) in [4.78, 5) is 16.3. The summed E-state index contributed by atoms with van der Waals surface area (Å²) in [6.07, 6.45) is 1.65. The van der Waals surface area contributed by atoms with E-state index in [4.69, 9.17) is 5.73 Å². The van der Waals surface area contributed by atoms with Gasteiger partial charge < -0.3 is 11.1 Å². The van der Waals surface area contributed by atoms with Gasteiger partial charge in [0.2, 0.25) is 5.91 Å². The Labute approximate surface area is 112 Å². The van der Waals surface area contributed by atoms with Crippen LogP contribution in [0.15, 0.2) is 42.6 Å². The molecule has 3 N–H and O–H groups in total. The molecule has 2 aromatic rings. The summed E-state index contributed by atoms with van der Waals surface area (Å²) in [5, 5.41) is 2.84. The van der Waals surface area contributed by atoms with Crippen LogP contribution in [0.5, 0.6) is 0 Å².